The molecule has 0 aromatic heterocycles. The highest BCUT2D eigenvalue weighted by Gasteiger charge is 2.28. The van der Waals surface area contributed by atoms with Gasteiger partial charge in [-0.3, -0.25) is 0 Å². The molecule has 4 heteroatoms. The Balaban J connectivity index is 1.40. The summed E-state index contributed by atoms with van der Waals surface area (Å²) in [5, 5.41) is 2.93. The summed E-state index contributed by atoms with van der Waals surface area (Å²) in [6.45, 7) is 2.33. The number of carbonyl (C=O) groups is 2. The van der Waals surface area contributed by atoms with Crippen LogP contribution in [0, 0.1) is 0 Å². The summed E-state index contributed by atoms with van der Waals surface area (Å²) in [5.41, 5.74) is 6.75. The molecule has 0 aliphatic heterocycles. The lowest BCUT2D eigenvalue weighted by atomic mass is 9.97. The Labute approximate surface area is 170 Å². The van der Waals surface area contributed by atoms with Crippen molar-refractivity contribution in [2.24, 2.45) is 0 Å². The number of fused-ring (bicyclic) bond motifs is 3. The van der Waals surface area contributed by atoms with Crippen LogP contribution in [0.4, 0.5) is 4.79 Å². The van der Waals surface area contributed by atoms with Crippen LogP contribution >= 0.6 is 0 Å². The number of carbonyl (C=O) groups excluding carboxylic acids is 2. The summed E-state index contributed by atoms with van der Waals surface area (Å²) in [6.07, 6.45) is 0.460. The first-order chi connectivity index (χ1) is 14.2. The van der Waals surface area contributed by atoms with E-state index in [0.717, 1.165) is 17.4 Å². The van der Waals surface area contributed by atoms with Gasteiger partial charge in [0.15, 0.2) is 0 Å². The van der Waals surface area contributed by atoms with Gasteiger partial charge in [-0.1, -0.05) is 72.8 Å². The van der Waals surface area contributed by atoms with Gasteiger partial charge >= 0.3 is 6.09 Å². The summed E-state index contributed by atoms with van der Waals surface area (Å²) in [6, 6.07) is 24.2. The van der Waals surface area contributed by atoms with Gasteiger partial charge in [0.1, 0.15) is 12.4 Å². The third-order valence-corrected chi connectivity index (χ3v) is 5.47. The van der Waals surface area contributed by atoms with E-state index in [1.807, 2.05) is 55.5 Å². The van der Waals surface area contributed by atoms with Crippen LogP contribution in [0.3, 0.4) is 0 Å². The number of ether oxygens (including phenoxy) is 1. The normalized spacial score (nSPS) is 13.3. The third kappa shape index (κ3) is 3.92. The zero-order valence-corrected chi connectivity index (χ0v) is 16.3. The lowest BCUT2D eigenvalue weighted by molar-refractivity contribution is -0.107. The number of amides is 1. The van der Waals surface area contributed by atoms with E-state index in [4.69, 9.17) is 4.74 Å². The second kappa shape index (κ2) is 8.31. The molecule has 4 nitrogen and oxygen atoms in total. The predicted molar refractivity (Wildman–Crippen MR) is 113 cm³/mol. The van der Waals surface area contributed by atoms with Gasteiger partial charge in [0.2, 0.25) is 0 Å². The first-order valence-electron chi connectivity index (χ1n) is 9.82. The van der Waals surface area contributed by atoms with Gasteiger partial charge in [-0.2, -0.15) is 0 Å². The fourth-order valence-corrected chi connectivity index (χ4v) is 3.96. The van der Waals surface area contributed by atoms with Gasteiger partial charge in [0.25, 0.3) is 0 Å². The Morgan fingerprint density at radius 1 is 0.966 bits per heavy atom. The number of hydrogen-bond acceptors (Lipinski definition) is 3. The lowest BCUT2D eigenvalue weighted by Crippen LogP contribution is -2.29. The third-order valence-electron chi connectivity index (χ3n) is 5.47. The predicted octanol–water partition coefficient (Wildman–Crippen LogP) is 5.03. The zero-order valence-electron chi connectivity index (χ0n) is 16.3. The van der Waals surface area contributed by atoms with Crippen LogP contribution in [0.1, 0.15) is 41.2 Å². The number of aldehydes is 1. The van der Waals surface area contributed by atoms with E-state index in [9.17, 15) is 9.59 Å². The molecule has 3 aromatic carbocycles. The topological polar surface area (TPSA) is 55.4 Å². The second-order valence-electron chi connectivity index (χ2n) is 7.27. The lowest BCUT2D eigenvalue weighted by Gasteiger charge is -2.17. The highest BCUT2D eigenvalue weighted by atomic mass is 16.6. The largest absolute Gasteiger partial charge is 0.442 e. The maximum Gasteiger partial charge on any atom is 0.407 e. The molecule has 0 saturated heterocycles. The van der Waals surface area contributed by atoms with Gasteiger partial charge < -0.3 is 14.8 Å². The van der Waals surface area contributed by atoms with Gasteiger partial charge in [-0.15, -0.1) is 0 Å². The molecule has 3 aromatic rings. The van der Waals surface area contributed by atoms with Crippen molar-refractivity contribution in [3.63, 3.8) is 0 Å². The van der Waals surface area contributed by atoms with Crippen LogP contribution in [0.5, 0.6) is 0 Å². The van der Waals surface area contributed by atoms with Crippen molar-refractivity contribution in [2.75, 3.05) is 6.54 Å². The molecule has 1 atom stereocenters. The summed E-state index contributed by atoms with van der Waals surface area (Å²) < 4.78 is 5.55. The van der Waals surface area contributed by atoms with Crippen molar-refractivity contribution in [3.05, 3.63) is 95.1 Å². The molecule has 0 spiro atoms. The molecule has 1 aliphatic carbocycles. The van der Waals surface area contributed by atoms with E-state index in [1.54, 1.807) is 0 Å². The van der Waals surface area contributed by atoms with Crippen molar-refractivity contribution < 1.29 is 14.3 Å². The molecule has 1 aliphatic rings. The van der Waals surface area contributed by atoms with Crippen LogP contribution in [-0.4, -0.2) is 18.9 Å². The SMILES string of the molecule is C[C@H](OC(=O)NCC1c2ccccc2-c2ccccc21)c1ccc(CC=O)cc1. The quantitative estimate of drug-likeness (QED) is 0.606. The summed E-state index contributed by atoms with van der Waals surface area (Å²) in [4.78, 5) is 23.0. The summed E-state index contributed by atoms with van der Waals surface area (Å²) in [5.74, 6) is 0.118. The molecule has 1 amide bonds. The molecule has 146 valence electrons. The van der Waals surface area contributed by atoms with Crippen molar-refractivity contribution >= 4 is 12.4 Å². The molecule has 0 fully saturated rings. The molecule has 1 N–H and O–H groups in total. The molecule has 29 heavy (non-hydrogen) atoms. The average Bonchev–Trinajstić information content (AvgIpc) is 3.07. The fraction of sp³-hybridized carbons (Fsp3) is 0.200. The molecular weight excluding hydrogens is 362 g/mol. The first kappa shape index (κ1) is 18.9. The van der Waals surface area contributed by atoms with E-state index >= 15 is 0 Å². The van der Waals surface area contributed by atoms with E-state index < -0.39 is 6.09 Å². The number of benzene rings is 3. The monoisotopic (exact) mass is 385 g/mol. The van der Waals surface area contributed by atoms with Crippen molar-refractivity contribution in [1.82, 2.24) is 5.32 Å². The van der Waals surface area contributed by atoms with Gasteiger partial charge in [-0.25, -0.2) is 4.79 Å². The number of nitrogens with one attached hydrogen (secondary N) is 1. The van der Waals surface area contributed by atoms with E-state index in [-0.39, 0.29) is 12.0 Å². The maximum atomic E-state index is 12.4. The summed E-state index contributed by atoms with van der Waals surface area (Å²) in [7, 11) is 0. The van der Waals surface area contributed by atoms with Crippen LogP contribution in [0.2, 0.25) is 0 Å². The van der Waals surface area contributed by atoms with Crippen molar-refractivity contribution in [3.8, 4) is 11.1 Å². The van der Waals surface area contributed by atoms with Crippen LogP contribution < -0.4 is 5.32 Å². The highest BCUT2D eigenvalue weighted by molar-refractivity contribution is 5.79. The fourth-order valence-electron chi connectivity index (χ4n) is 3.96. The average molecular weight is 385 g/mol. The van der Waals surface area contributed by atoms with Gasteiger partial charge in [0, 0.05) is 18.9 Å². The number of alkyl carbamates (subject to hydrolysis) is 1. The second-order valence-corrected chi connectivity index (χ2v) is 7.27. The van der Waals surface area contributed by atoms with Crippen molar-refractivity contribution in [1.29, 1.82) is 0 Å². The highest BCUT2D eigenvalue weighted by Crippen LogP contribution is 2.44. The van der Waals surface area contributed by atoms with Crippen LogP contribution in [0.25, 0.3) is 11.1 Å². The maximum absolute atomic E-state index is 12.4. The summed E-state index contributed by atoms with van der Waals surface area (Å²) >= 11 is 0. The number of rotatable bonds is 6. The molecule has 4 rings (SSSR count). The Bertz CT molecular complexity index is 981. The Kier molecular flexibility index (Phi) is 5.43. The van der Waals surface area contributed by atoms with Gasteiger partial charge in [-0.05, 0) is 40.3 Å². The molecule has 0 bridgehead atoms. The van der Waals surface area contributed by atoms with Crippen LogP contribution in [-0.2, 0) is 16.0 Å². The minimum atomic E-state index is -0.434. The smallest absolute Gasteiger partial charge is 0.407 e. The Hall–Kier alpha value is -3.40. The molecule has 0 heterocycles. The zero-order chi connectivity index (χ0) is 20.2. The van der Waals surface area contributed by atoms with E-state index in [0.29, 0.717) is 13.0 Å². The van der Waals surface area contributed by atoms with Crippen LogP contribution in [0.15, 0.2) is 72.8 Å². The Morgan fingerprint density at radius 3 is 2.14 bits per heavy atom. The van der Waals surface area contributed by atoms with Gasteiger partial charge in [0.05, 0.1) is 0 Å². The molecule has 0 radical (unpaired) electrons. The first-order valence-corrected chi connectivity index (χ1v) is 9.82. The Morgan fingerprint density at radius 2 is 1.55 bits per heavy atom. The minimum absolute atomic E-state index is 0.118. The minimum Gasteiger partial charge on any atom is -0.442 e. The standard InChI is InChI=1S/C25H23NO3/c1-17(19-12-10-18(11-13-19)14-15-27)29-25(28)26-16-24-22-8-4-2-6-20(22)21-7-3-5-9-23(21)24/h2-13,15,17,24H,14,16H2,1H3,(H,26,28)/t17-/m0/s1. The van der Waals surface area contributed by atoms with E-state index in [2.05, 4.69) is 29.6 Å². The molecule has 0 unspecified atom stereocenters. The molecular formula is C25H23NO3. The van der Waals surface area contributed by atoms with Crippen molar-refractivity contribution in [2.45, 2.75) is 25.4 Å². The number of hydrogen-bond donors (Lipinski definition) is 1. The van der Waals surface area contributed by atoms with E-state index in [1.165, 1.54) is 22.3 Å². The molecule has 0 saturated carbocycles.